The van der Waals surface area contributed by atoms with E-state index in [1.807, 2.05) is 0 Å². The molecule has 0 spiro atoms. The Morgan fingerprint density at radius 3 is 2.88 bits per heavy atom. The summed E-state index contributed by atoms with van der Waals surface area (Å²) in [7, 11) is 1.38. The molecule has 94 valence electrons. The highest BCUT2D eigenvalue weighted by Crippen LogP contribution is 2.21. The lowest BCUT2D eigenvalue weighted by atomic mass is 10.1. The van der Waals surface area contributed by atoms with E-state index >= 15 is 0 Å². The smallest absolute Gasteiger partial charge is 0.258 e. The number of aliphatic hydroxyl groups excluding tert-OH is 1. The van der Waals surface area contributed by atoms with Gasteiger partial charge >= 0.3 is 0 Å². The summed E-state index contributed by atoms with van der Waals surface area (Å²) >= 11 is 0. The zero-order chi connectivity index (χ0) is 12.8. The van der Waals surface area contributed by atoms with Crippen molar-refractivity contribution in [2.45, 2.75) is 19.4 Å². The summed E-state index contributed by atoms with van der Waals surface area (Å²) in [5.41, 5.74) is -0.111. The number of hydrogen-bond donors (Lipinski definition) is 2. The van der Waals surface area contributed by atoms with E-state index in [2.05, 4.69) is 5.32 Å². The molecule has 1 rings (SSSR count). The molecule has 0 aliphatic rings. The summed E-state index contributed by atoms with van der Waals surface area (Å²) in [6.45, 7) is 1.71. The van der Waals surface area contributed by atoms with E-state index in [0.717, 1.165) is 0 Å². The van der Waals surface area contributed by atoms with Gasteiger partial charge in [0.15, 0.2) is 0 Å². The lowest BCUT2D eigenvalue weighted by Crippen LogP contribution is -2.34. The fourth-order valence-corrected chi connectivity index (χ4v) is 1.46. The number of rotatable bonds is 5. The number of ether oxygens (including phenoxy) is 1. The van der Waals surface area contributed by atoms with Crippen LogP contribution in [0.25, 0.3) is 0 Å². The SMILES string of the molecule is COc1cccc(F)c1C(=O)NC(C)CCO. The van der Waals surface area contributed by atoms with Crippen molar-refractivity contribution in [1.29, 1.82) is 0 Å². The third-order valence-electron chi connectivity index (χ3n) is 2.36. The van der Waals surface area contributed by atoms with Gasteiger partial charge in [0, 0.05) is 12.6 Å². The number of carbonyl (C=O) groups excluding carboxylic acids is 1. The van der Waals surface area contributed by atoms with Crippen LogP contribution in [0.1, 0.15) is 23.7 Å². The van der Waals surface area contributed by atoms with E-state index in [1.54, 1.807) is 6.92 Å². The molecular formula is C12H16FNO3. The minimum absolute atomic E-state index is 0.0319. The monoisotopic (exact) mass is 241 g/mol. The van der Waals surface area contributed by atoms with Gasteiger partial charge in [0.25, 0.3) is 5.91 Å². The number of amides is 1. The average molecular weight is 241 g/mol. The summed E-state index contributed by atoms with van der Waals surface area (Å²) in [5.74, 6) is -0.974. The first-order valence-electron chi connectivity index (χ1n) is 5.34. The Hall–Kier alpha value is -1.62. The number of carbonyl (C=O) groups is 1. The van der Waals surface area contributed by atoms with Crippen LogP contribution in [0.4, 0.5) is 4.39 Å². The van der Waals surface area contributed by atoms with Crippen LogP contribution in [-0.2, 0) is 0 Å². The summed E-state index contributed by atoms with van der Waals surface area (Å²) in [4.78, 5) is 11.8. The quantitative estimate of drug-likeness (QED) is 0.817. The van der Waals surface area contributed by atoms with Crippen molar-refractivity contribution in [3.8, 4) is 5.75 Å². The summed E-state index contributed by atoms with van der Waals surface area (Å²) in [5, 5.41) is 11.3. The molecule has 4 nitrogen and oxygen atoms in total. The molecule has 1 aromatic carbocycles. The van der Waals surface area contributed by atoms with E-state index in [1.165, 1.54) is 25.3 Å². The van der Waals surface area contributed by atoms with Gasteiger partial charge in [0.2, 0.25) is 0 Å². The van der Waals surface area contributed by atoms with Crippen molar-refractivity contribution in [1.82, 2.24) is 5.32 Å². The second-order valence-electron chi connectivity index (χ2n) is 3.70. The first kappa shape index (κ1) is 13.4. The lowest BCUT2D eigenvalue weighted by molar-refractivity contribution is 0.0927. The molecule has 0 fully saturated rings. The van der Waals surface area contributed by atoms with Gasteiger partial charge in [-0.2, -0.15) is 0 Å². The standard InChI is InChI=1S/C12H16FNO3/c1-8(6-7-15)14-12(16)11-9(13)4-3-5-10(11)17-2/h3-5,8,15H,6-7H2,1-2H3,(H,14,16). The average Bonchev–Trinajstić information content (AvgIpc) is 2.28. The first-order chi connectivity index (χ1) is 8.10. The molecular weight excluding hydrogens is 225 g/mol. The predicted molar refractivity (Wildman–Crippen MR) is 61.6 cm³/mol. The van der Waals surface area contributed by atoms with Gasteiger partial charge in [0.1, 0.15) is 17.1 Å². The molecule has 0 saturated heterocycles. The molecule has 0 saturated carbocycles. The van der Waals surface area contributed by atoms with Gasteiger partial charge in [-0.1, -0.05) is 6.07 Å². The molecule has 17 heavy (non-hydrogen) atoms. The highest BCUT2D eigenvalue weighted by Gasteiger charge is 2.18. The number of nitrogens with one attached hydrogen (secondary N) is 1. The molecule has 1 unspecified atom stereocenters. The molecule has 0 heterocycles. The van der Waals surface area contributed by atoms with Gasteiger partial charge in [-0.15, -0.1) is 0 Å². The van der Waals surface area contributed by atoms with E-state index in [-0.39, 0.29) is 24.0 Å². The highest BCUT2D eigenvalue weighted by molar-refractivity contribution is 5.97. The molecule has 1 atom stereocenters. The van der Waals surface area contributed by atoms with E-state index in [9.17, 15) is 9.18 Å². The fraction of sp³-hybridized carbons (Fsp3) is 0.417. The Morgan fingerprint density at radius 2 is 2.29 bits per heavy atom. The third kappa shape index (κ3) is 3.42. The van der Waals surface area contributed by atoms with Crippen LogP contribution in [0.2, 0.25) is 0 Å². The van der Waals surface area contributed by atoms with Crippen LogP contribution in [0.15, 0.2) is 18.2 Å². The molecule has 0 aliphatic heterocycles. The Bertz CT molecular complexity index is 395. The van der Waals surface area contributed by atoms with Gasteiger partial charge in [-0.3, -0.25) is 4.79 Å². The predicted octanol–water partition coefficient (Wildman–Crippen LogP) is 1.33. The maximum Gasteiger partial charge on any atom is 0.258 e. The fourth-order valence-electron chi connectivity index (χ4n) is 1.46. The molecule has 2 N–H and O–H groups in total. The van der Waals surface area contributed by atoms with Crippen LogP contribution in [-0.4, -0.2) is 30.8 Å². The Morgan fingerprint density at radius 1 is 1.59 bits per heavy atom. The Balaban J connectivity index is 2.88. The van der Waals surface area contributed by atoms with Crippen molar-refractivity contribution in [2.75, 3.05) is 13.7 Å². The minimum atomic E-state index is -0.627. The topological polar surface area (TPSA) is 58.6 Å². The van der Waals surface area contributed by atoms with Gasteiger partial charge < -0.3 is 15.2 Å². The van der Waals surface area contributed by atoms with Crippen molar-refractivity contribution in [3.05, 3.63) is 29.6 Å². The summed E-state index contributed by atoms with van der Waals surface area (Å²) in [6, 6.07) is 3.97. The molecule has 0 bridgehead atoms. The van der Waals surface area contributed by atoms with Crippen LogP contribution >= 0.6 is 0 Å². The number of halogens is 1. The molecule has 0 aliphatic carbocycles. The van der Waals surface area contributed by atoms with E-state index in [4.69, 9.17) is 9.84 Å². The number of methoxy groups -OCH3 is 1. The molecule has 0 radical (unpaired) electrons. The van der Waals surface area contributed by atoms with Crippen molar-refractivity contribution < 1.29 is 19.0 Å². The van der Waals surface area contributed by atoms with Crippen LogP contribution in [0.3, 0.4) is 0 Å². The maximum absolute atomic E-state index is 13.5. The number of aliphatic hydroxyl groups is 1. The van der Waals surface area contributed by atoms with Gasteiger partial charge in [0.05, 0.1) is 7.11 Å². The van der Waals surface area contributed by atoms with E-state index < -0.39 is 11.7 Å². The summed E-state index contributed by atoms with van der Waals surface area (Å²) in [6.07, 6.45) is 0.419. The normalized spacial score (nSPS) is 12.0. The number of benzene rings is 1. The minimum Gasteiger partial charge on any atom is -0.496 e. The Labute approximate surface area is 99.4 Å². The van der Waals surface area contributed by atoms with Crippen LogP contribution in [0, 0.1) is 5.82 Å². The second kappa shape index (κ2) is 6.20. The molecule has 0 aromatic heterocycles. The van der Waals surface area contributed by atoms with Gasteiger partial charge in [-0.05, 0) is 25.5 Å². The maximum atomic E-state index is 13.5. The molecule has 1 aromatic rings. The van der Waals surface area contributed by atoms with Crippen LogP contribution in [0.5, 0.6) is 5.75 Å². The lowest BCUT2D eigenvalue weighted by Gasteiger charge is -2.14. The van der Waals surface area contributed by atoms with Crippen molar-refractivity contribution in [2.24, 2.45) is 0 Å². The third-order valence-corrected chi connectivity index (χ3v) is 2.36. The van der Waals surface area contributed by atoms with Crippen LogP contribution < -0.4 is 10.1 Å². The zero-order valence-electron chi connectivity index (χ0n) is 9.87. The van der Waals surface area contributed by atoms with Gasteiger partial charge in [-0.25, -0.2) is 4.39 Å². The van der Waals surface area contributed by atoms with E-state index in [0.29, 0.717) is 6.42 Å². The molecule has 1 amide bonds. The number of hydrogen-bond acceptors (Lipinski definition) is 3. The largest absolute Gasteiger partial charge is 0.496 e. The second-order valence-corrected chi connectivity index (χ2v) is 3.70. The zero-order valence-corrected chi connectivity index (χ0v) is 9.87. The highest BCUT2D eigenvalue weighted by atomic mass is 19.1. The van der Waals surface area contributed by atoms with Crippen molar-refractivity contribution >= 4 is 5.91 Å². The van der Waals surface area contributed by atoms with Crippen molar-refractivity contribution in [3.63, 3.8) is 0 Å². The Kier molecular flexibility index (Phi) is 4.90. The first-order valence-corrected chi connectivity index (χ1v) is 5.34. The molecule has 5 heteroatoms. The summed E-state index contributed by atoms with van der Waals surface area (Å²) < 4.78 is 18.5.